The summed E-state index contributed by atoms with van der Waals surface area (Å²) in [6, 6.07) is 2.07. The van der Waals surface area contributed by atoms with E-state index in [4.69, 9.17) is 5.11 Å². The van der Waals surface area contributed by atoms with Gasteiger partial charge < -0.3 is 15.7 Å². The third-order valence-electron chi connectivity index (χ3n) is 2.89. The van der Waals surface area contributed by atoms with Gasteiger partial charge in [-0.25, -0.2) is 0 Å². The molecule has 0 unspecified atom stereocenters. The number of aliphatic hydroxyl groups excluding tert-OH is 1. The van der Waals surface area contributed by atoms with E-state index in [1.807, 2.05) is 0 Å². The molecule has 0 bridgehead atoms. The summed E-state index contributed by atoms with van der Waals surface area (Å²) in [6.07, 6.45) is 2.85. The number of thiophene rings is 1. The van der Waals surface area contributed by atoms with Crippen molar-refractivity contribution in [1.29, 1.82) is 0 Å². The first-order valence-electron chi connectivity index (χ1n) is 6.95. The lowest BCUT2D eigenvalue weighted by molar-refractivity contribution is -0.121. The molecule has 0 saturated heterocycles. The molecule has 1 aliphatic carbocycles. The maximum absolute atomic E-state index is 11.9. The van der Waals surface area contributed by atoms with E-state index in [0.29, 0.717) is 31.0 Å². The van der Waals surface area contributed by atoms with E-state index in [0.717, 1.165) is 17.7 Å². The molecule has 21 heavy (non-hydrogen) atoms. The monoisotopic (exact) mass is 306 g/mol. The van der Waals surface area contributed by atoms with Crippen LogP contribution in [0.4, 0.5) is 0 Å². The topological polar surface area (TPSA) is 78.4 Å². The summed E-state index contributed by atoms with van der Waals surface area (Å²) in [5.74, 6) is 5.49. The van der Waals surface area contributed by atoms with Crippen LogP contribution in [0.5, 0.6) is 0 Å². The van der Waals surface area contributed by atoms with E-state index in [2.05, 4.69) is 22.5 Å². The van der Waals surface area contributed by atoms with Crippen molar-refractivity contribution < 1.29 is 14.7 Å². The summed E-state index contributed by atoms with van der Waals surface area (Å²) in [5.41, 5.74) is 0.552. The molecule has 0 aromatic carbocycles. The number of amides is 2. The van der Waals surface area contributed by atoms with Crippen molar-refractivity contribution >= 4 is 23.2 Å². The largest absolute Gasteiger partial charge is 0.395 e. The van der Waals surface area contributed by atoms with E-state index in [9.17, 15) is 9.59 Å². The zero-order valence-corrected chi connectivity index (χ0v) is 12.5. The fraction of sp³-hybridized carbons (Fsp3) is 0.467. The Hall–Kier alpha value is -1.84. The van der Waals surface area contributed by atoms with Gasteiger partial charge in [-0.2, -0.15) is 0 Å². The molecule has 0 spiro atoms. The third-order valence-corrected chi connectivity index (χ3v) is 3.74. The predicted molar refractivity (Wildman–Crippen MR) is 81.0 cm³/mol. The molecule has 0 radical (unpaired) electrons. The summed E-state index contributed by atoms with van der Waals surface area (Å²) < 4.78 is 0. The molecule has 2 rings (SSSR count). The maximum atomic E-state index is 11.9. The highest BCUT2D eigenvalue weighted by molar-refractivity contribution is 7.10. The first-order chi connectivity index (χ1) is 10.2. The van der Waals surface area contributed by atoms with Crippen LogP contribution in [0, 0.1) is 11.8 Å². The van der Waals surface area contributed by atoms with Gasteiger partial charge in [0.05, 0.1) is 17.0 Å². The highest BCUT2D eigenvalue weighted by atomic mass is 32.1. The van der Waals surface area contributed by atoms with Gasteiger partial charge in [-0.3, -0.25) is 9.59 Å². The van der Waals surface area contributed by atoms with Crippen LogP contribution in [0.15, 0.2) is 11.4 Å². The average molecular weight is 306 g/mol. The Morgan fingerprint density at radius 3 is 2.95 bits per heavy atom. The van der Waals surface area contributed by atoms with Crippen molar-refractivity contribution in [1.82, 2.24) is 10.6 Å². The minimum absolute atomic E-state index is 0.0151. The van der Waals surface area contributed by atoms with Gasteiger partial charge in [0.2, 0.25) is 5.91 Å². The van der Waals surface area contributed by atoms with Crippen LogP contribution in [-0.4, -0.2) is 36.1 Å². The Kier molecular flexibility index (Phi) is 5.78. The first kappa shape index (κ1) is 15.5. The molecule has 6 heteroatoms. The van der Waals surface area contributed by atoms with Gasteiger partial charge in [-0.15, -0.1) is 11.3 Å². The molecular formula is C15H18N2O3S. The number of hydrogen-bond donors (Lipinski definition) is 3. The molecule has 1 heterocycles. The second kappa shape index (κ2) is 7.81. The molecule has 112 valence electrons. The van der Waals surface area contributed by atoms with Crippen molar-refractivity contribution in [3.8, 4) is 11.8 Å². The average Bonchev–Trinajstić information content (AvgIpc) is 3.14. The van der Waals surface area contributed by atoms with Crippen molar-refractivity contribution in [2.75, 3.05) is 13.2 Å². The highest BCUT2D eigenvalue weighted by Gasteiger charge is 2.22. The normalized spacial score (nSPS) is 13.2. The number of rotatable bonds is 6. The van der Waals surface area contributed by atoms with E-state index in [1.165, 1.54) is 11.3 Å². The summed E-state index contributed by atoms with van der Waals surface area (Å²) in [7, 11) is 0. The summed E-state index contributed by atoms with van der Waals surface area (Å²) in [6.45, 7) is 0.368. The molecular weight excluding hydrogens is 288 g/mol. The second-order valence-electron chi connectivity index (χ2n) is 4.82. The zero-order chi connectivity index (χ0) is 15.1. The van der Waals surface area contributed by atoms with Crippen LogP contribution in [0.2, 0.25) is 0 Å². The minimum Gasteiger partial charge on any atom is -0.395 e. The molecule has 1 aliphatic rings. The van der Waals surface area contributed by atoms with E-state index >= 15 is 0 Å². The predicted octanol–water partition coefficient (Wildman–Crippen LogP) is 0.881. The van der Waals surface area contributed by atoms with Crippen LogP contribution >= 0.6 is 11.3 Å². The SMILES string of the molecule is O=C(CCNC(=O)c1csc(C#CCCO)c1)NC1CC1. The lowest BCUT2D eigenvalue weighted by Crippen LogP contribution is -2.31. The number of carbonyl (C=O) groups is 2. The van der Waals surface area contributed by atoms with Crippen molar-refractivity contribution in [3.63, 3.8) is 0 Å². The molecule has 5 nitrogen and oxygen atoms in total. The molecule has 1 aromatic rings. The van der Waals surface area contributed by atoms with Crippen LogP contribution in [0.1, 0.15) is 40.9 Å². The van der Waals surface area contributed by atoms with Gasteiger partial charge >= 0.3 is 0 Å². The molecule has 0 aliphatic heterocycles. The molecule has 3 N–H and O–H groups in total. The molecule has 1 aromatic heterocycles. The summed E-state index contributed by atoms with van der Waals surface area (Å²) >= 11 is 1.39. The number of carbonyl (C=O) groups excluding carboxylic acids is 2. The fourth-order valence-corrected chi connectivity index (χ4v) is 2.40. The Morgan fingerprint density at radius 1 is 1.43 bits per heavy atom. The Labute approximate surface area is 127 Å². The molecule has 2 amide bonds. The maximum Gasteiger partial charge on any atom is 0.252 e. The lowest BCUT2D eigenvalue weighted by atomic mass is 10.2. The second-order valence-corrected chi connectivity index (χ2v) is 5.73. The fourth-order valence-electron chi connectivity index (χ4n) is 1.65. The summed E-state index contributed by atoms with van der Waals surface area (Å²) in [4.78, 5) is 24.1. The highest BCUT2D eigenvalue weighted by Crippen LogP contribution is 2.18. The Morgan fingerprint density at radius 2 is 2.24 bits per heavy atom. The first-order valence-corrected chi connectivity index (χ1v) is 7.83. The van der Waals surface area contributed by atoms with Crippen molar-refractivity contribution in [3.05, 3.63) is 21.9 Å². The van der Waals surface area contributed by atoms with E-state index in [1.54, 1.807) is 11.4 Å². The smallest absolute Gasteiger partial charge is 0.252 e. The van der Waals surface area contributed by atoms with E-state index < -0.39 is 0 Å². The van der Waals surface area contributed by atoms with Gasteiger partial charge in [-0.05, 0) is 18.9 Å². The van der Waals surface area contributed by atoms with Crippen molar-refractivity contribution in [2.45, 2.75) is 31.7 Å². The molecule has 1 fully saturated rings. The van der Waals surface area contributed by atoms with Crippen LogP contribution in [-0.2, 0) is 4.79 Å². The zero-order valence-electron chi connectivity index (χ0n) is 11.6. The standard InChI is InChI=1S/C15H18N2O3S/c18-8-2-1-3-13-9-11(10-21-13)15(20)16-7-6-14(19)17-12-4-5-12/h9-10,12,18H,2,4-8H2,(H,16,20)(H,17,19). The Bertz CT molecular complexity index is 567. The lowest BCUT2D eigenvalue weighted by Gasteiger charge is -2.04. The molecule has 1 saturated carbocycles. The van der Waals surface area contributed by atoms with Gasteiger partial charge in [0.1, 0.15) is 0 Å². The minimum atomic E-state index is -0.194. The number of aliphatic hydroxyl groups is 1. The van der Waals surface area contributed by atoms with Gasteiger partial charge in [0.15, 0.2) is 0 Å². The number of nitrogens with one attached hydrogen (secondary N) is 2. The van der Waals surface area contributed by atoms with Crippen LogP contribution in [0.3, 0.4) is 0 Å². The number of hydrogen-bond acceptors (Lipinski definition) is 4. The quantitative estimate of drug-likeness (QED) is 0.683. The van der Waals surface area contributed by atoms with Crippen LogP contribution < -0.4 is 10.6 Å². The van der Waals surface area contributed by atoms with Gasteiger partial charge in [0, 0.05) is 30.8 Å². The third kappa shape index (κ3) is 5.58. The Balaban J connectivity index is 1.72. The summed E-state index contributed by atoms with van der Waals surface area (Å²) in [5, 5.41) is 16.0. The van der Waals surface area contributed by atoms with Crippen molar-refractivity contribution in [2.24, 2.45) is 0 Å². The van der Waals surface area contributed by atoms with Crippen LogP contribution in [0.25, 0.3) is 0 Å². The van der Waals surface area contributed by atoms with E-state index in [-0.39, 0.29) is 18.4 Å². The van der Waals surface area contributed by atoms with Gasteiger partial charge in [0.25, 0.3) is 5.91 Å². The van der Waals surface area contributed by atoms with Gasteiger partial charge in [-0.1, -0.05) is 11.8 Å². The molecule has 0 atom stereocenters.